The van der Waals surface area contributed by atoms with E-state index in [0.29, 0.717) is 50.2 Å². The number of fused-ring (bicyclic) bond motifs is 1. The quantitative estimate of drug-likeness (QED) is 0.225. The molecule has 0 spiro atoms. The molecule has 3 aromatic heterocycles. The number of carboxylic acid groups (broad SMARTS) is 1. The van der Waals surface area contributed by atoms with Gasteiger partial charge in [-0.3, -0.25) is 9.69 Å². The molecule has 208 valence electrons. The third kappa shape index (κ3) is 6.01. The zero-order valence-corrected chi connectivity index (χ0v) is 23.3. The van der Waals surface area contributed by atoms with Gasteiger partial charge in [0, 0.05) is 45.5 Å². The summed E-state index contributed by atoms with van der Waals surface area (Å²) in [6.07, 6.45) is 1.26. The predicted octanol–water partition coefficient (Wildman–Crippen LogP) is 4.71. The normalized spacial score (nSPS) is 14.6. The lowest BCUT2D eigenvalue weighted by atomic mass is 10.1. The second kappa shape index (κ2) is 12.2. The van der Waals surface area contributed by atoms with Crippen molar-refractivity contribution in [2.75, 3.05) is 37.6 Å². The summed E-state index contributed by atoms with van der Waals surface area (Å²) in [5.41, 5.74) is 0.883. The Hall–Kier alpha value is -3.80. The van der Waals surface area contributed by atoms with Gasteiger partial charge in [0.05, 0.1) is 14.6 Å². The third-order valence-corrected chi connectivity index (χ3v) is 7.99. The Balaban J connectivity index is 1.31. The lowest BCUT2D eigenvalue weighted by Gasteiger charge is -2.35. The molecule has 1 saturated heterocycles. The summed E-state index contributed by atoms with van der Waals surface area (Å²) in [4.78, 5) is 39.3. The van der Waals surface area contributed by atoms with Gasteiger partial charge in [0.2, 0.25) is 5.43 Å². The lowest BCUT2D eigenvalue weighted by molar-refractivity contribution is 0.0695. The summed E-state index contributed by atoms with van der Waals surface area (Å²) < 4.78 is 17.4. The number of rotatable bonds is 9. The second-order valence-corrected chi connectivity index (χ2v) is 11.0. The Morgan fingerprint density at radius 3 is 2.58 bits per heavy atom. The molecule has 0 atom stereocenters. The first-order valence-electron chi connectivity index (χ1n) is 12.8. The molecule has 1 aliphatic heterocycles. The van der Waals surface area contributed by atoms with E-state index in [1.807, 2.05) is 54.3 Å². The number of halogens is 2. The van der Waals surface area contributed by atoms with E-state index in [2.05, 4.69) is 15.0 Å². The van der Waals surface area contributed by atoms with E-state index in [0.717, 1.165) is 22.2 Å². The van der Waals surface area contributed by atoms with Gasteiger partial charge in [-0.05, 0) is 30.7 Å². The van der Waals surface area contributed by atoms with Crippen molar-refractivity contribution in [2.24, 2.45) is 5.16 Å². The van der Waals surface area contributed by atoms with Crippen LogP contribution in [0.15, 0.2) is 64.7 Å². The van der Waals surface area contributed by atoms with Crippen LogP contribution in [0.5, 0.6) is 0 Å². The molecular formula is C28H27ClFN5O4S. The number of aromatic carboxylic acids is 1. The molecule has 0 aliphatic carbocycles. The van der Waals surface area contributed by atoms with Crippen LogP contribution in [0, 0.1) is 5.82 Å². The number of nitrogens with zero attached hydrogens (tertiary/aromatic N) is 5. The molecule has 0 radical (unpaired) electrons. The lowest BCUT2D eigenvalue weighted by Crippen LogP contribution is -2.48. The summed E-state index contributed by atoms with van der Waals surface area (Å²) >= 11 is 7.62. The minimum absolute atomic E-state index is 0.0485. The van der Waals surface area contributed by atoms with Crippen molar-refractivity contribution in [2.45, 2.75) is 20.1 Å². The first kappa shape index (κ1) is 27.8. The zero-order valence-electron chi connectivity index (χ0n) is 21.7. The molecule has 9 nitrogen and oxygen atoms in total. The molecular weight excluding hydrogens is 557 g/mol. The molecule has 4 aromatic rings. The molecule has 12 heteroatoms. The third-order valence-electron chi connectivity index (χ3n) is 6.71. The monoisotopic (exact) mass is 583 g/mol. The molecule has 5 rings (SSSR count). The number of piperazine rings is 1. The minimum Gasteiger partial charge on any atom is -0.477 e. The zero-order chi connectivity index (χ0) is 28.2. The maximum Gasteiger partial charge on any atom is 0.341 e. The fourth-order valence-corrected chi connectivity index (χ4v) is 5.62. The van der Waals surface area contributed by atoms with E-state index in [1.54, 1.807) is 4.57 Å². The number of aryl methyl sites for hydroxylation is 1. The fourth-order valence-electron chi connectivity index (χ4n) is 4.60. The van der Waals surface area contributed by atoms with Crippen LogP contribution in [-0.2, 0) is 18.0 Å². The number of anilines is 1. The molecule has 4 heterocycles. The van der Waals surface area contributed by atoms with E-state index in [-0.39, 0.29) is 16.9 Å². The van der Waals surface area contributed by atoms with E-state index in [1.165, 1.54) is 17.5 Å². The smallest absolute Gasteiger partial charge is 0.341 e. The summed E-state index contributed by atoms with van der Waals surface area (Å²) in [6, 6.07) is 14.6. The highest BCUT2D eigenvalue weighted by atomic mass is 35.5. The molecule has 40 heavy (non-hydrogen) atoms. The van der Waals surface area contributed by atoms with Crippen LogP contribution in [0.4, 0.5) is 10.2 Å². The first-order valence-corrected chi connectivity index (χ1v) is 14.0. The van der Waals surface area contributed by atoms with Crippen LogP contribution < -0.4 is 10.3 Å². The molecule has 0 unspecified atom stereocenters. The molecule has 1 N–H and O–H groups in total. The van der Waals surface area contributed by atoms with Gasteiger partial charge >= 0.3 is 5.97 Å². The number of hydrogen-bond acceptors (Lipinski definition) is 8. The van der Waals surface area contributed by atoms with Gasteiger partial charge in [-0.2, -0.15) is 0 Å². The van der Waals surface area contributed by atoms with Crippen LogP contribution in [0.2, 0.25) is 4.34 Å². The fraction of sp³-hybridized carbons (Fsp3) is 0.286. The van der Waals surface area contributed by atoms with Crippen molar-refractivity contribution in [3.05, 3.63) is 91.1 Å². The number of aromatic nitrogens is 2. The van der Waals surface area contributed by atoms with Crippen molar-refractivity contribution in [3.8, 4) is 0 Å². The van der Waals surface area contributed by atoms with Crippen molar-refractivity contribution in [1.29, 1.82) is 0 Å². The summed E-state index contributed by atoms with van der Waals surface area (Å²) in [7, 11) is 0. The van der Waals surface area contributed by atoms with Crippen molar-refractivity contribution >= 4 is 51.5 Å². The number of benzene rings is 1. The highest BCUT2D eigenvalue weighted by molar-refractivity contribution is 7.18. The largest absolute Gasteiger partial charge is 0.477 e. The summed E-state index contributed by atoms with van der Waals surface area (Å²) in [5.74, 6) is -1.87. The Labute approximate surface area is 238 Å². The first-order chi connectivity index (χ1) is 19.3. The molecule has 1 aliphatic rings. The Morgan fingerprint density at radius 2 is 1.93 bits per heavy atom. The Kier molecular flexibility index (Phi) is 8.43. The standard InChI is InChI=1S/C28H27ClFN5O4S/c1-2-34-15-20(28(37)38)25(36)19-14-21(30)27(31-26(19)34)35-12-10-33(11-13-35)16-22(23-8-9-24(29)40-23)32-39-17-18-6-4-3-5-7-18/h3-9,14-15H,2,10-13,16-17H2,1H3,(H,37,38)/b32-22-. The molecule has 0 saturated carbocycles. The number of carboxylic acids is 1. The van der Waals surface area contributed by atoms with Gasteiger partial charge in [-0.1, -0.05) is 47.1 Å². The number of oxime groups is 1. The summed E-state index contributed by atoms with van der Waals surface area (Å²) in [5, 5.41) is 13.8. The van der Waals surface area contributed by atoms with E-state index in [4.69, 9.17) is 16.4 Å². The topological polar surface area (TPSA) is 100 Å². The molecule has 0 bridgehead atoms. The van der Waals surface area contributed by atoms with Gasteiger partial charge in [0.25, 0.3) is 0 Å². The van der Waals surface area contributed by atoms with Gasteiger partial charge in [-0.15, -0.1) is 11.3 Å². The van der Waals surface area contributed by atoms with Crippen LogP contribution in [0.25, 0.3) is 11.0 Å². The van der Waals surface area contributed by atoms with Gasteiger partial charge < -0.3 is 19.4 Å². The Morgan fingerprint density at radius 1 is 1.18 bits per heavy atom. The molecule has 0 amide bonds. The van der Waals surface area contributed by atoms with Crippen LogP contribution >= 0.6 is 22.9 Å². The average Bonchev–Trinajstić information content (AvgIpc) is 3.39. The van der Waals surface area contributed by atoms with Crippen LogP contribution in [-0.4, -0.2) is 64.0 Å². The molecule has 1 aromatic carbocycles. The average molecular weight is 584 g/mol. The Bertz CT molecular complexity index is 1620. The van der Waals surface area contributed by atoms with Gasteiger partial charge in [-0.25, -0.2) is 14.2 Å². The van der Waals surface area contributed by atoms with Gasteiger partial charge in [0.1, 0.15) is 23.5 Å². The molecule has 1 fully saturated rings. The highest BCUT2D eigenvalue weighted by Gasteiger charge is 2.25. The number of carbonyl (C=O) groups is 1. The van der Waals surface area contributed by atoms with Crippen molar-refractivity contribution in [3.63, 3.8) is 0 Å². The predicted molar refractivity (Wildman–Crippen MR) is 154 cm³/mol. The van der Waals surface area contributed by atoms with Gasteiger partial charge in [0.15, 0.2) is 11.6 Å². The van der Waals surface area contributed by atoms with Crippen LogP contribution in [0.1, 0.15) is 27.7 Å². The van der Waals surface area contributed by atoms with E-state index >= 15 is 4.39 Å². The SMILES string of the molecule is CCn1cc(C(=O)O)c(=O)c2cc(F)c(N3CCN(C/C(=N/OCc4ccccc4)c4ccc(Cl)s4)CC3)nc21. The highest BCUT2D eigenvalue weighted by Crippen LogP contribution is 2.25. The number of hydrogen-bond donors (Lipinski definition) is 1. The van der Waals surface area contributed by atoms with Crippen molar-refractivity contribution < 1.29 is 19.1 Å². The number of thiophene rings is 1. The summed E-state index contributed by atoms with van der Waals surface area (Å²) in [6.45, 7) is 5.31. The number of pyridine rings is 2. The minimum atomic E-state index is -1.35. The maximum absolute atomic E-state index is 15.2. The van der Waals surface area contributed by atoms with E-state index in [9.17, 15) is 14.7 Å². The van der Waals surface area contributed by atoms with E-state index < -0.39 is 22.8 Å². The second-order valence-electron chi connectivity index (χ2n) is 9.29. The van der Waals surface area contributed by atoms with Crippen LogP contribution in [0.3, 0.4) is 0 Å². The van der Waals surface area contributed by atoms with Crippen molar-refractivity contribution in [1.82, 2.24) is 14.5 Å². The maximum atomic E-state index is 15.2.